The summed E-state index contributed by atoms with van der Waals surface area (Å²) < 4.78 is 15.4. The first-order valence-corrected chi connectivity index (χ1v) is 9.11. The molecular formula is C22H21FN4. The summed E-state index contributed by atoms with van der Waals surface area (Å²) in [5.41, 5.74) is 3.78. The number of hydrogen-bond donors (Lipinski definition) is 1. The van der Waals surface area contributed by atoms with E-state index in [1.165, 1.54) is 12.1 Å². The van der Waals surface area contributed by atoms with Crippen molar-refractivity contribution in [1.29, 1.82) is 0 Å². The number of benzene rings is 2. The topological polar surface area (TPSA) is 42.7 Å². The van der Waals surface area contributed by atoms with E-state index in [2.05, 4.69) is 41.3 Å². The second-order valence-electron chi connectivity index (χ2n) is 6.63. The lowest BCUT2D eigenvalue weighted by Gasteiger charge is -2.13. The van der Waals surface area contributed by atoms with E-state index in [0.29, 0.717) is 6.04 Å². The molecule has 5 heteroatoms. The maximum atomic E-state index is 13.4. The fraction of sp³-hybridized carbons (Fsp3) is 0.182. The first-order chi connectivity index (χ1) is 13.2. The van der Waals surface area contributed by atoms with Crippen LogP contribution in [0.15, 0.2) is 67.1 Å². The Morgan fingerprint density at radius 1 is 1.04 bits per heavy atom. The molecule has 4 rings (SSSR count). The van der Waals surface area contributed by atoms with Gasteiger partial charge in [-0.1, -0.05) is 37.3 Å². The van der Waals surface area contributed by atoms with Gasteiger partial charge in [-0.25, -0.2) is 14.4 Å². The highest BCUT2D eigenvalue weighted by atomic mass is 19.1. The predicted octanol–water partition coefficient (Wildman–Crippen LogP) is 5.44. The fourth-order valence-electron chi connectivity index (χ4n) is 3.14. The van der Waals surface area contributed by atoms with Gasteiger partial charge < -0.3 is 9.88 Å². The number of rotatable bonds is 5. The maximum absolute atomic E-state index is 13.4. The van der Waals surface area contributed by atoms with Crippen LogP contribution in [0.4, 0.5) is 10.2 Å². The highest BCUT2D eigenvalue weighted by Gasteiger charge is 2.18. The van der Waals surface area contributed by atoms with Crippen LogP contribution in [0, 0.1) is 5.82 Å². The van der Waals surface area contributed by atoms with Crippen LogP contribution in [0.2, 0.25) is 0 Å². The van der Waals surface area contributed by atoms with E-state index in [9.17, 15) is 4.39 Å². The summed E-state index contributed by atoms with van der Waals surface area (Å²) in [6.07, 6.45) is 4.61. The van der Waals surface area contributed by atoms with Crippen molar-refractivity contribution in [3.63, 3.8) is 0 Å². The Morgan fingerprint density at radius 3 is 2.48 bits per heavy atom. The van der Waals surface area contributed by atoms with E-state index >= 15 is 0 Å². The number of halogens is 1. The molecule has 0 saturated heterocycles. The minimum absolute atomic E-state index is 0.257. The van der Waals surface area contributed by atoms with Gasteiger partial charge in [0, 0.05) is 23.5 Å². The normalized spacial score (nSPS) is 12.3. The molecule has 0 saturated carbocycles. The number of fused-ring (bicyclic) bond motifs is 1. The van der Waals surface area contributed by atoms with Gasteiger partial charge in [0.15, 0.2) is 5.65 Å². The summed E-state index contributed by atoms with van der Waals surface area (Å²) in [5, 5.41) is 4.46. The van der Waals surface area contributed by atoms with Gasteiger partial charge in [0.2, 0.25) is 0 Å². The maximum Gasteiger partial charge on any atom is 0.150 e. The molecule has 0 spiro atoms. The molecule has 4 aromatic rings. The van der Waals surface area contributed by atoms with Gasteiger partial charge in [-0.2, -0.15) is 0 Å². The van der Waals surface area contributed by atoms with Gasteiger partial charge in [-0.05, 0) is 43.2 Å². The van der Waals surface area contributed by atoms with Crippen molar-refractivity contribution in [3.8, 4) is 16.8 Å². The molecule has 1 atom stereocenters. The summed E-state index contributed by atoms with van der Waals surface area (Å²) in [5.74, 6) is 0.557. The number of aromatic nitrogens is 3. The van der Waals surface area contributed by atoms with E-state index in [1.54, 1.807) is 18.5 Å². The first-order valence-electron chi connectivity index (χ1n) is 9.11. The van der Waals surface area contributed by atoms with Gasteiger partial charge in [-0.3, -0.25) is 0 Å². The van der Waals surface area contributed by atoms with Gasteiger partial charge >= 0.3 is 0 Å². The van der Waals surface area contributed by atoms with Crippen LogP contribution in [-0.4, -0.2) is 20.6 Å². The smallest absolute Gasteiger partial charge is 0.150 e. The molecular weight excluding hydrogens is 339 g/mol. The van der Waals surface area contributed by atoms with Crippen LogP contribution in [0.1, 0.15) is 20.3 Å². The van der Waals surface area contributed by atoms with Gasteiger partial charge in [-0.15, -0.1) is 0 Å². The van der Waals surface area contributed by atoms with Crippen LogP contribution < -0.4 is 5.32 Å². The molecule has 0 aliphatic heterocycles. The Morgan fingerprint density at radius 2 is 1.78 bits per heavy atom. The average molecular weight is 360 g/mol. The van der Waals surface area contributed by atoms with E-state index in [4.69, 9.17) is 0 Å². The minimum Gasteiger partial charge on any atom is -0.367 e. The molecule has 2 heterocycles. The molecule has 0 amide bonds. The Balaban J connectivity index is 1.98. The van der Waals surface area contributed by atoms with E-state index in [0.717, 1.165) is 40.1 Å². The van der Waals surface area contributed by atoms with Gasteiger partial charge in [0.05, 0.1) is 5.39 Å². The van der Waals surface area contributed by atoms with Gasteiger partial charge in [0.1, 0.15) is 18.0 Å². The summed E-state index contributed by atoms with van der Waals surface area (Å²) in [6, 6.07) is 16.9. The van der Waals surface area contributed by atoms with Crippen molar-refractivity contribution in [2.75, 3.05) is 5.32 Å². The number of hydrogen-bond acceptors (Lipinski definition) is 3. The third-order valence-corrected chi connectivity index (χ3v) is 4.77. The Labute approximate surface area is 157 Å². The summed E-state index contributed by atoms with van der Waals surface area (Å²) in [7, 11) is 0. The number of nitrogens with one attached hydrogen (secondary N) is 1. The zero-order chi connectivity index (χ0) is 18.8. The summed E-state index contributed by atoms with van der Waals surface area (Å²) >= 11 is 0. The third-order valence-electron chi connectivity index (χ3n) is 4.77. The lowest BCUT2D eigenvalue weighted by molar-refractivity contribution is 0.627. The molecule has 0 aliphatic rings. The Kier molecular flexibility index (Phi) is 4.59. The lowest BCUT2D eigenvalue weighted by Crippen LogP contribution is -2.15. The molecule has 27 heavy (non-hydrogen) atoms. The van der Waals surface area contributed by atoms with Crippen LogP contribution in [0.5, 0.6) is 0 Å². The quantitative estimate of drug-likeness (QED) is 0.515. The zero-order valence-corrected chi connectivity index (χ0v) is 15.4. The molecule has 4 nitrogen and oxygen atoms in total. The number of nitrogens with zero attached hydrogens (tertiary/aromatic N) is 3. The van der Waals surface area contributed by atoms with E-state index < -0.39 is 0 Å². The Bertz CT molecular complexity index is 1060. The standard InChI is InChI=1S/C22H21FN4/c1-3-15(2)26-21-20-19(16-7-5-4-6-8-16)13-27(22(20)25-14-24-21)18-11-9-17(23)10-12-18/h4-15H,3H2,1-2H3,(H,24,25,26)/t15-/m1/s1. The highest BCUT2D eigenvalue weighted by Crippen LogP contribution is 2.35. The first kappa shape index (κ1) is 17.2. The van der Waals surface area contributed by atoms with Crippen LogP contribution >= 0.6 is 0 Å². The largest absolute Gasteiger partial charge is 0.367 e. The lowest BCUT2D eigenvalue weighted by atomic mass is 10.1. The Hall–Kier alpha value is -3.21. The van der Waals surface area contributed by atoms with Crippen molar-refractivity contribution in [3.05, 3.63) is 72.9 Å². The summed E-state index contributed by atoms with van der Waals surface area (Å²) in [6.45, 7) is 4.27. The number of anilines is 1. The molecule has 0 unspecified atom stereocenters. The average Bonchev–Trinajstić information content (AvgIpc) is 3.10. The van der Waals surface area contributed by atoms with Crippen molar-refractivity contribution in [2.24, 2.45) is 0 Å². The molecule has 1 N–H and O–H groups in total. The molecule has 2 aromatic carbocycles. The van der Waals surface area contributed by atoms with E-state index in [1.807, 2.05) is 29.0 Å². The van der Waals surface area contributed by atoms with Crippen molar-refractivity contribution >= 4 is 16.9 Å². The summed E-state index contributed by atoms with van der Waals surface area (Å²) in [4.78, 5) is 9.04. The SMILES string of the molecule is CC[C@@H](C)Nc1ncnc2c1c(-c1ccccc1)cn2-c1ccc(F)cc1. The monoisotopic (exact) mass is 360 g/mol. The predicted molar refractivity (Wildman–Crippen MR) is 108 cm³/mol. The second kappa shape index (κ2) is 7.19. The molecule has 0 radical (unpaired) electrons. The molecule has 2 aromatic heterocycles. The molecule has 0 fully saturated rings. The van der Waals surface area contributed by atoms with E-state index in [-0.39, 0.29) is 5.82 Å². The van der Waals surface area contributed by atoms with Crippen molar-refractivity contribution in [1.82, 2.24) is 14.5 Å². The highest BCUT2D eigenvalue weighted by molar-refractivity contribution is 6.02. The van der Waals surface area contributed by atoms with Crippen molar-refractivity contribution in [2.45, 2.75) is 26.3 Å². The molecule has 0 aliphatic carbocycles. The zero-order valence-electron chi connectivity index (χ0n) is 15.4. The third kappa shape index (κ3) is 3.28. The van der Waals surface area contributed by atoms with Crippen LogP contribution in [0.25, 0.3) is 27.8 Å². The molecule has 0 bridgehead atoms. The van der Waals surface area contributed by atoms with Crippen LogP contribution in [0.3, 0.4) is 0 Å². The molecule has 136 valence electrons. The van der Waals surface area contributed by atoms with Crippen LogP contribution in [-0.2, 0) is 0 Å². The van der Waals surface area contributed by atoms with Crippen molar-refractivity contribution < 1.29 is 4.39 Å². The minimum atomic E-state index is -0.257. The second-order valence-corrected chi connectivity index (χ2v) is 6.63. The fourth-order valence-corrected chi connectivity index (χ4v) is 3.14. The van der Waals surface area contributed by atoms with Gasteiger partial charge in [0.25, 0.3) is 0 Å².